The molecule has 3 aromatic carbocycles. The third-order valence-electron chi connectivity index (χ3n) is 6.32. The molecule has 190 valence electrons. The van der Waals surface area contributed by atoms with E-state index in [1.165, 1.54) is 21.3 Å². The highest BCUT2D eigenvalue weighted by Crippen LogP contribution is 2.45. The molecule has 1 N–H and O–H groups in total. The van der Waals surface area contributed by atoms with Crippen LogP contribution in [0.1, 0.15) is 17.0 Å². The predicted molar refractivity (Wildman–Crippen MR) is 136 cm³/mol. The van der Waals surface area contributed by atoms with Crippen molar-refractivity contribution in [3.8, 4) is 28.7 Å². The third-order valence-corrected chi connectivity index (χ3v) is 6.32. The number of carbonyl (C=O) groups excluding carboxylic acids is 1. The van der Waals surface area contributed by atoms with Crippen molar-refractivity contribution in [2.75, 3.05) is 33.8 Å². The first-order valence-electron chi connectivity index (χ1n) is 11.5. The standard InChI is InChI=1S/C28H25NO8/c1-32-17-11-9-15(10-12-17)22-23-24(18-7-5-6-8-19(18)36-28(23)31)37-26(22)27(30)29-16-13-20(33-2)25(35-4)21(14-16)34-3/h5-14,22,26H,1-4H3,(H,29,30)/t22-,26-/m1/s1. The van der Waals surface area contributed by atoms with Gasteiger partial charge in [0.1, 0.15) is 17.1 Å². The van der Waals surface area contributed by atoms with Gasteiger partial charge in [0.15, 0.2) is 17.6 Å². The molecule has 1 aromatic heterocycles. The van der Waals surface area contributed by atoms with Crippen molar-refractivity contribution in [1.82, 2.24) is 0 Å². The first kappa shape index (κ1) is 24.1. The topological polar surface area (TPSA) is 105 Å². The average molecular weight is 504 g/mol. The van der Waals surface area contributed by atoms with Crippen LogP contribution >= 0.6 is 0 Å². The van der Waals surface area contributed by atoms with Crippen molar-refractivity contribution >= 4 is 22.6 Å². The number of anilines is 1. The fourth-order valence-electron chi connectivity index (χ4n) is 4.60. The first-order chi connectivity index (χ1) is 18.0. The van der Waals surface area contributed by atoms with Crippen LogP contribution in [0.3, 0.4) is 0 Å². The Kier molecular flexibility index (Phi) is 6.35. The number of nitrogens with one attached hydrogen (secondary N) is 1. The van der Waals surface area contributed by atoms with Crippen molar-refractivity contribution in [1.29, 1.82) is 0 Å². The van der Waals surface area contributed by atoms with Gasteiger partial charge in [-0.05, 0) is 29.8 Å². The Bertz CT molecular complexity index is 1500. The number of methoxy groups -OCH3 is 4. The number of rotatable bonds is 7. The molecule has 1 aliphatic heterocycles. The number of ether oxygens (including phenoxy) is 5. The third kappa shape index (κ3) is 4.18. The summed E-state index contributed by atoms with van der Waals surface area (Å²) in [5.41, 5.74) is 1.22. The number of benzene rings is 3. The molecule has 0 aliphatic carbocycles. The second kappa shape index (κ2) is 9.77. The molecule has 2 heterocycles. The highest BCUT2D eigenvalue weighted by molar-refractivity contribution is 5.98. The molecule has 4 aromatic rings. The number of hydrogen-bond donors (Lipinski definition) is 1. The van der Waals surface area contributed by atoms with E-state index >= 15 is 0 Å². The Hall–Kier alpha value is -4.66. The van der Waals surface area contributed by atoms with E-state index in [0.717, 1.165) is 0 Å². The molecule has 9 nitrogen and oxygen atoms in total. The lowest BCUT2D eigenvalue weighted by molar-refractivity contribution is -0.122. The SMILES string of the molecule is COc1ccc([C@@H]2c3c(c4ccccc4oc3=O)O[C@H]2C(=O)Nc2cc(OC)c(OC)c(OC)c2)cc1. The lowest BCUT2D eigenvalue weighted by Gasteiger charge is -2.20. The van der Waals surface area contributed by atoms with Crippen molar-refractivity contribution < 1.29 is 32.9 Å². The van der Waals surface area contributed by atoms with Crippen LogP contribution in [0.4, 0.5) is 5.69 Å². The van der Waals surface area contributed by atoms with Gasteiger partial charge in [0.05, 0.1) is 45.3 Å². The molecule has 0 unspecified atom stereocenters. The van der Waals surface area contributed by atoms with Crippen LogP contribution in [0.25, 0.3) is 11.0 Å². The van der Waals surface area contributed by atoms with Crippen LogP contribution in [0.2, 0.25) is 0 Å². The van der Waals surface area contributed by atoms with Crippen molar-refractivity contribution in [2.45, 2.75) is 12.0 Å². The van der Waals surface area contributed by atoms with Crippen molar-refractivity contribution in [3.05, 3.63) is 82.2 Å². The fourth-order valence-corrected chi connectivity index (χ4v) is 4.60. The van der Waals surface area contributed by atoms with Crippen LogP contribution in [0.5, 0.6) is 28.7 Å². The van der Waals surface area contributed by atoms with Crippen LogP contribution in [-0.2, 0) is 4.79 Å². The lowest BCUT2D eigenvalue weighted by atomic mass is 9.88. The number of amides is 1. The highest BCUT2D eigenvalue weighted by atomic mass is 16.5. The number of para-hydroxylation sites is 1. The highest BCUT2D eigenvalue weighted by Gasteiger charge is 2.44. The Morgan fingerprint density at radius 1 is 0.865 bits per heavy atom. The Morgan fingerprint density at radius 2 is 1.54 bits per heavy atom. The van der Waals surface area contributed by atoms with E-state index < -0.39 is 23.6 Å². The smallest absolute Gasteiger partial charge is 0.344 e. The Balaban J connectivity index is 1.59. The monoisotopic (exact) mass is 503 g/mol. The quantitative estimate of drug-likeness (QED) is 0.371. The summed E-state index contributed by atoms with van der Waals surface area (Å²) in [4.78, 5) is 26.8. The van der Waals surface area contributed by atoms with E-state index in [4.69, 9.17) is 28.1 Å². The van der Waals surface area contributed by atoms with E-state index in [1.807, 2.05) is 6.07 Å². The summed E-state index contributed by atoms with van der Waals surface area (Å²) in [6, 6.07) is 17.4. The fraction of sp³-hybridized carbons (Fsp3) is 0.214. The molecular weight excluding hydrogens is 478 g/mol. The molecule has 0 bridgehead atoms. The molecule has 9 heteroatoms. The molecule has 5 rings (SSSR count). The lowest BCUT2D eigenvalue weighted by Crippen LogP contribution is -2.35. The minimum Gasteiger partial charge on any atom is -0.497 e. The molecule has 37 heavy (non-hydrogen) atoms. The molecule has 0 spiro atoms. The second-order valence-corrected chi connectivity index (χ2v) is 8.32. The van der Waals surface area contributed by atoms with Crippen molar-refractivity contribution in [3.63, 3.8) is 0 Å². The van der Waals surface area contributed by atoms with E-state index in [0.29, 0.717) is 51.0 Å². The number of carbonyl (C=O) groups is 1. The molecular formula is C28H25NO8. The summed E-state index contributed by atoms with van der Waals surface area (Å²) in [6.45, 7) is 0. The summed E-state index contributed by atoms with van der Waals surface area (Å²) in [5, 5.41) is 3.48. The Morgan fingerprint density at radius 3 is 2.16 bits per heavy atom. The second-order valence-electron chi connectivity index (χ2n) is 8.32. The number of hydrogen-bond acceptors (Lipinski definition) is 8. The molecule has 2 atom stereocenters. The molecule has 0 radical (unpaired) electrons. The van der Waals surface area contributed by atoms with E-state index in [-0.39, 0.29) is 5.56 Å². The summed E-state index contributed by atoms with van der Waals surface area (Å²) in [7, 11) is 6.04. The maximum atomic E-state index is 13.7. The van der Waals surface area contributed by atoms with Gasteiger partial charge in [-0.25, -0.2) is 4.79 Å². The van der Waals surface area contributed by atoms with Gasteiger partial charge >= 0.3 is 5.63 Å². The van der Waals surface area contributed by atoms with Crippen LogP contribution in [0, 0.1) is 0 Å². The minimum atomic E-state index is -1.06. The van der Waals surface area contributed by atoms with E-state index in [2.05, 4.69) is 5.32 Å². The number of fused-ring (bicyclic) bond motifs is 3. The van der Waals surface area contributed by atoms with Gasteiger partial charge in [0.2, 0.25) is 5.75 Å². The summed E-state index contributed by atoms with van der Waals surface area (Å²) in [5.74, 6) is 0.952. The summed E-state index contributed by atoms with van der Waals surface area (Å²) >= 11 is 0. The zero-order chi connectivity index (χ0) is 26.1. The zero-order valence-corrected chi connectivity index (χ0v) is 20.7. The van der Waals surface area contributed by atoms with Gasteiger partial charge in [-0.2, -0.15) is 0 Å². The summed E-state index contributed by atoms with van der Waals surface area (Å²) in [6.07, 6.45) is -1.06. The van der Waals surface area contributed by atoms with Crippen LogP contribution in [0.15, 0.2) is 69.9 Å². The van der Waals surface area contributed by atoms with Crippen LogP contribution in [-0.4, -0.2) is 40.5 Å². The molecule has 1 aliphatic rings. The molecule has 1 amide bonds. The van der Waals surface area contributed by atoms with E-state index in [1.54, 1.807) is 61.7 Å². The molecule has 0 saturated heterocycles. The normalized spacial score (nSPS) is 16.0. The maximum absolute atomic E-state index is 13.7. The first-order valence-corrected chi connectivity index (χ1v) is 11.5. The van der Waals surface area contributed by atoms with Crippen LogP contribution < -0.4 is 34.6 Å². The van der Waals surface area contributed by atoms with Gasteiger partial charge in [-0.3, -0.25) is 4.79 Å². The maximum Gasteiger partial charge on any atom is 0.344 e. The minimum absolute atomic E-state index is 0.286. The van der Waals surface area contributed by atoms with Gasteiger partial charge in [-0.15, -0.1) is 0 Å². The van der Waals surface area contributed by atoms with E-state index in [9.17, 15) is 9.59 Å². The van der Waals surface area contributed by atoms with Gasteiger partial charge in [-0.1, -0.05) is 24.3 Å². The summed E-state index contributed by atoms with van der Waals surface area (Å²) < 4.78 is 33.3. The van der Waals surface area contributed by atoms with Gasteiger partial charge < -0.3 is 33.4 Å². The van der Waals surface area contributed by atoms with Crippen molar-refractivity contribution in [2.24, 2.45) is 0 Å². The van der Waals surface area contributed by atoms with Gasteiger partial charge in [0.25, 0.3) is 5.91 Å². The molecule has 0 fully saturated rings. The van der Waals surface area contributed by atoms with Gasteiger partial charge in [0, 0.05) is 17.8 Å². The largest absolute Gasteiger partial charge is 0.497 e. The predicted octanol–water partition coefficient (Wildman–Crippen LogP) is 4.36. The molecule has 0 saturated carbocycles. The average Bonchev–Trinajstić information content (AvgIpc) is 3.34. The Labute approximate surface area is 212 Å². The zero-order valence-electron chi connectivity index (χ0n) is 20.7.